The van der Waals surface area contributed by atoms with Crippen molar-refractivity contribution < 1.29 is 29.1 Å². The molecule has 2 aliphatic heterocycles. The monoisotopic (exact) mass is 362 g/mol. The fourth-order valence-corrected chi connectivity index (χ4v) is 3.19. The Bertz CT molecular complexity index is 1110. The van der Waals surface area contributed by atoms with Gasteiger partial charge in [-0.05, 0) is 12.1 Å². The van der Waals surface area contributed by atoms with Gasteiger partial charge in [0.15, 0.2) is 0 Å². The van der Waals surface area contributed by atoms with Crippen molar-refractivity contribution in [3.63, 3.8) is 0 Å². The molecule has 0 radical (unpaired) electrons. The van der Waals surface area contributed by atoms with E-state index in [1.807, 2.05) is 0 Å². The van der Waals surface area contributed by atoms with Crippen LogP contribution in [0.25, 0.3) is 10.8 Å². The van der Waals surface area contributed by atoms with Crippen molar-refractivity contribution in [1.29, 1.82) is 0 Å². The number of hydrogen-bond acceptors (Lipinski definition) is 5. The molecule has 2 heterocycles. The van der Waals surface area contributed by atoms with Crippen molar-refractivity contribution in [3.05, 3.63) is 60.2 Å². The van der Waals surface area contributed by atoms with Crippen LogP contribution in [0.3, 0.4) is 0 Å². The van der Waals surface area contributed by atoms with Gasteiger partial charge in [0, 0.05) is 35.1 Å². The van der Waals surface area contributed by atoms with E-state index in [4.69, 9.17) is 0 Å². The largest absolute Gasteiger partial charge is 0.478 e. The Hall–Kier alpha value is -4.07. The average Bonchev–Trinajstić information content (AvgIpc) is 3.14. The van der Waals surface area contributed by atoms with Crippen LogP contribution < -0.4 is 9.80 Å². The molecule has 0 bridgehead atoms. The van der Waals surface area contributed by atoms with Crippen LogP contribution in [0.1, 0.15) is 10.4 Å². The van der Waals surface area contributed by atoms with Gasteiger partial charge in [-0.3, -0.25) is 19.2 Å². The Kier molecular flexibility index (Phi) is 3.48. The lowest BCUT2D eigenvalue weighted by Crippen LogP contribution is -2.32. The minimum Gasteiger partial charge on any atom is -0.478 e. The zero-order chi connectivity index (χ0) is 19.3. The summed E-state index contributed by atoms with van der Waals surface area (Å²) in [5, 5.41) is 10.1. The molecule has 2 aliphatic rings. The Morgan fingerprint density at radius 3 is 1.81 bits per heavy atom. The van der Waals surface area contributed by atoms with Crippen LogP contribution in [0.2, 0.25) is 0 Å². The van der Waals surface area contributed by atoms with E-state index in [0.717, 1.165) is 34.1 Å². The lowest BCUT2D eigenvalue weighted by atomic mass is 10.0. The lowest BCUT2D eigenvalue weighted by molar-refractivity contribution is -0.121. The summed E-state index contributed by atoms with van der Waals surface area (Å²) < 4.78 is 0. The summed E-state index contributed by atoms with van der Waals surface area (Å²) >= 11 is 0. The van der Waals surface area contributed by atoms with Crippen LogP contribution >= 0.6 is 0 Å². The maximum absolute atomic E-state index is 12.1. The molecule has 4 amide bonds. The maximum Gasteiger partial charge on any atom is 0.337 e. The minimum atomic E-state index is -1.32. The van der Waals surface area contributed by atoms with Crippen molar-refractivity contribution in [2.45, 2.75) is 0 Å². The summed E-state index contributed by atoms with van der Waals surface area (Å²) in [7, 11) is 0. The van der Waals surface area contributed by atoms with E-state index < -0.39 is 29.6 Å². The van der Waals surface area contributed by atoms with E-state index in [1.54, 1.807) is 0 Å². The molecule has 8 nitrogen and oxygen atoms in total. The number of imide groups is 2. The Morgan fingerprint density at radius 2 is 1.26 bits per heavy atom. The summed E-state index contributed by atoms with van der Waals surface area (Å²) in [6, 6.07) is 7.25. The number of anilines is 2. The highest BCUT2D eigenvalue weighted by atomic mass is 16.4. The molecule has 0 saturated carbocycles. The summed E-state index contributed by atoms with van der Waals surface area (Å²) in [6.45, 7) is 0. The van der Waals surface area contributed by atoms with Crippen LogP contribution in [0, 0.1) is 0 Å². The van der Waals surface area contributed by atoms with E-state index >= 15 is 0 Å². The summed E-state index contributed by atoms with van der Waals surface area (Å²) in [5.74, 6) is -3.73. The molecule has 4 rings (SSSR count). The summed E-state index contributed by atoms with van der Waals surface area (Å²) in [5.41, 5.74) is -0.117. The first kappa shape index (κ1) is 16.4. The van der Waals surface area contributed by atoms with Gasteiger partial charge in [0.1, 0.15) is 0 Å². The quantitative estimate of drug-likeness (QED) is 0.826. The SMILES string of the molecule is O=C(O)c1ccc2c(N3C(=O)C=CC3=O)cccc2c1N1C(=O)C=CC1=O. The van der Waals surface area contributed by atoms with Gasteiger partial charge in [-0.25, -0.2) is 14.6 Å². The molecular formula is C19H10N2O6. The first-order valence-electron chi connectivity index (χ1n) is 7.81. The molecule has 0 saturated heterocycles. The van der Waals surface area contributed by atoms with Gasteiger partial charge in [-0.15, -0.1) is 0 Å². The van der Waals surface area contributed by atoms with Crippen molar-refractivity contribution in [1.82, 2.24) is 0 Å². The second kappa shape index (κ2) is 5.73. The highest BCUT2D eigenvalue weighted by molar-refractivity contribution is 6.34. The standard InChI is InChI=1S/C19H10N2O6/c22-14-6-7-15(23)20(14)13-3-1-2-11-10(13)4-5-12(19(26)27)18(11)21-16(24)8-9-17(21)25/h1-9H,(H,26,27). The molecule has 0 spiro atoms. The summed E-state index contributed by atoms with van der Waals surface area (Å²) in [4.78, 5) is 61.8. The number of amides is 4. The van der Waals surface area contributed by atoms with Crippen LogP contribution in [0.4, 0.5) is 11.4 Å². The second-order valence-electron chi connectivity index (χ2n) is 5.83. The topological polar surface area (TPSA) is 112 Å². The molecule has 0 aromatic heterocycles. The molecule has 27 heavy (non-hydrogen) atoms. The van der Waals surface area contributed by atoms with Gasteiger partial charge < -0.3 is 5.11 Å². The number of nitrogens with zero attached hydrogens (tertiary/aromatic N) is 2. The highest BCUT2D eigenvalue weighted by Crippen LogP contribution is 2.38. The zero-order valence-electron chi connectivity index (χ0n) is 13.6. The normalized spacial score (nSPS) is 16.3. The molecule has 0 atom stereocenters. The third-order valence-corrected chi connectivity index (χ3v) is 4.32. The number of benzene rings is 2. The van der Waals surface area contributed by atoms with Gasteiger partial charge in [0.05, 0.1) is 16.9 Å². The molecule has 0 unspecified atom stereocenters. The van der Waals surface area contributed by atoms with E-state index in [2.05, 4.69) is 0 Å². The van der Waals surface area contributed by atoms with Gasteiger partial charge in [0.25, 0.3) is 23.6 Å². The van der Waals surface area contributed by atoms with Crippen molar-refractivity contribution in [3.8, 4) is 0 Å². The smallest absolute Gasteiger partial charge is 0.337 e. The number of aromatic carboxylic acids is 1. The van der Waals surface area contributed by atoms with E-state index in [-0.39, 0.29) is 22.3 Å². The third-order valence-electron chi connectivity index (χ3n) is 4.32. The van der Waals surface area contributed by atoms with E-state index in [1.165, 1.54) is 30.3 Å². The fourth-order valence-electron chi connectivity index (χ4n) is 3.19. The van der Waals surface area contributed by atoms with Gasteiger partial charge in [-0.1, -0.05) is 18.2 Å². The van der Waals surface area contributed by atoms with Crippen LogP contribution in [0.5, 0.6) is 0 Å². The number of fused-ring (bicyclic) bond motifs is 1. The van der Waals surface area contributed by atoms with Gasteiger partial charge >= 0.3 is 5.97 Å². The summed E-state index contributed by atoms with van der Waals surface area (Å²) in [6.07, 6.45) is 4.36. The van der Waals surface area contributed by atoms with Crippen LogP contribution in [-0.2, 0) is 19.2 Å². The van der Waals surface area contributed by atoms with Gasteiger partial charge in [0.2, 0.25) is 0 Å². The Balaban J connectivity index is 2.03. The van der Waals surface area contributed by atoms with Gasteiger partial charge in [-0.2, -0.15) is 0 Å². The molecule has 2 aromatic carbocycles. The number of carbonyl (C=O) groups is 5. The Morgan fingerprint density at radius 1 is 0.704 bits per heavy atom. The molecule has 1 N–H and O–H groups in total. The number of carbonyl (C=O) groups excluding carboxylic acids is 4. The van der Waals surface area contributed by atoms with Crippen LogP contribution in [0.15, 0.2) is 54.6 Å². The average molecular weight is 362 g/mol. The van der Waals surface area contributed by atoms with Crippen molar-refractivity contribution in [2.24, 2.45) is 0 Å². The van der Waals surface area contributed by atoms with E-state index in [0.29, 0.717) is 5.39 Å². The molecule has 132 valence electrons. The molecule has 0 fully saturated rings. The lowest BCUT2D eigenvalue weighted by Gasteiger charge is -2.22. The molecule has 8 heteroatoms. The van der Waals surface area contributed by atoms with E-state index in [9.17, 15) is 29.1 Å². The third kappa shape index (κ3) is 2.35. The predicted molar refractivity (Wildman–Crippen MR) is 94.2 cm³/mol. The van der Waals surface area contributed by atoms with Crippen molar-refractivity contribution in [2.75, 3.05) is 9.80 Å². The number of carboxylic acid groups (broad SMARTS) is 1. The first-order chi connectivity index (χ1) is 12.9. The number of hydrogen-bond donors (Lipinski definition) is 1. The molecule has 0 aliphatic carbocycles. The maximum atomic E-state index is 12.1. The predicted octanol–water partition coefficient (Wildman–Crippen LogP) is 1.40. The van der Waals surface area contributed by atoms with Crippen LogP contribution in [-0.4, -0.2) is 34.7 Å². The van der Waals surface area contributed by atoms with Crippen molar-refractivity contribution >= 4 is 51.7 Å². The zero-order valence-corrected chi connectivity index (χ0v) is 13.6. The second-order valence-corrected chi connectivity index (χ2v) is 5.83. The fraction of sp³-hybridized carbons (Fsp3) is 0. The highest BCUT2D eigenvalue weighted by Gasteiger charge is 2.32. The molecule has 2 aromatic rings. The number of carboxylic acids is 1. The Labute approximate surface area is 151 Å². The molecular weight excluding hydrogens is 352 g/mol. The minimum absolute atomic E-state index is 0.103. The first-order valence-corrected chi connectivity index (χ1v) is 7.81. The number of rotatable bonds is 3.